The average molecular weight is 229 g/mol. The van der Waals surface area contributed by atoms with Crippen LogP contribution in [0, 0.1) is 18.3 Å². The van der Waals surface area contributed by atoms with Gasteiger partial charge in [-0.1, -0.05) is 29.8 Å². The number of rotatable bonds is 2. The number of benzene rings is 1. The van der Waals surface area contributed by atoms with E-state index >= 15 is 0 Å². The molecule has 2 heteroatoms. The first kappa shape index (κ1) is 10.8. The van der Waals surface area contributed by atoms with Crippen LogP contribution in [0.4, 0.5) is 0 Å². The zero-order chi connectivity index (χ0) is 11.9. The van der Waals surface area contributed by atoms with Gasteiger partial charge < -0.3 is 5.32 Å². The van der Waals surface area contributed by atoms with Crippen LogP contribution < -0.4 is 5.32 Å². The molecule has 2 fully saturated rings. The second-order valence-electron chi connectivity index (χ2n) is 5.82. The summed E-state index contributed by atoms with van der Waals surface area (Å²) >= 11 is 0. The van der Waals surface area contributed by atoms with Crippen LogP contribution in [0.25, 0.3) is 0 Å². The van der Waals surface area contributed by atoms with Crippen molar-refractivity contribution in [3.8, 4) is 0 Å². The van der Waals surface area contributed by atoms with Gasteiger partial charge in [-0.15, -0.1) is 0 Å². The molecule has 0 radical (unpaired) electrons. The van der Waals surface area contributed by atoms with Crippen LogP contribution in [-0.4, -0.2) is 12.5 Å². The van der Waals surface area contributed by atoms with Crippen LogP contribution in [-0.2, 0) is 11.2 Å². The summed E-state index contributed by atoms with van der Waals surface area (Å²) in [6.45, 7) is 3.01. The minimum absolute atomic E-state index is 0.280. The van der Waals surface area contributed by atoms with Crippen LogP contribution >= 0.6 is 0 Å². The van der Waals surface area contributed by atoms with E-state index in [1.807, 2.05) is 0 Å². The lowest BCUT2D eigenvalue weighted by Gasteiger charge is -2.33. The Morgan fingerprint density at radius 2 is 2.35 bits per heavy atom. The number of carbonyl (C=O) groups is 1. The smallest absolute Gasteiger partial charge is 0.223 e. The highest BCUT2D eigenvalue weighted by Gasteiger charge is 2.45. The molecule has 2 unspecified atom stereocenters. The fraction of sp³-hybridized carbons (Fsp3) is 0.533. The van der Waals surface area contributed by atoms with Gasteiger partial charge in [0.05, 0.1) is 0 Å². The summed E-state index contributed by atoms with van der Waals surface area (Å²) in [6.07, 6.45) is 4.49. The minimum Gasteiger partial charge on any atom is -0.355 e. The first-order valence-corrected chi connectivity index (χ1v) is 6.50. The Kier molecular flexibility index (Phi) is 2.46. The Balaban J connectivity index is 1.79. The quantitative estimate of drug-likeness (QED) is 0.829. The molecule has 2 aliphatic rings. The molecule has 1 saturated heterocycles. The van der Waals surface area contributed by atoms with Crippen LogP contribution in [0.15, 0.2) is 24.3 Å². The molecule has 0 aromatic heterocycles. The second kappa shape index (κ2) is 3.86. The molecule has 1 aliphatic heterocycles. The average Bonchev–Trinajstić information content (AvgIpc) is 2.65. The third kappa shape index (κ3) is 1.97. The molecule has 2 nitrogen and oxygen atoms in total. The van der Waals surface area contributed by atoms with Gasteiger partial charge in [-0.25, -0.2) is 0 Å². The number of carbonyl (C=O) groups excluding carboxylic acids is 1. The Bertz CT molecular complexity index is 454. The van der Waals surface area contributed by atoms with Crippen molar-refractivity contribution in [1.82, 2.24) is 5.32 Å². The number of hydrogen-bond donors (Lipinski definition) is 1. The largest absolute Gasteiger partial charge is 0.355 e. The van der Waals surface area contributed by atoms with E-state index in [0.29, 0.717) is 5.41 Å². The molecule has 0 spiro atoms. The first-order valence-electron chi connectivity index (χ1n) is 6.50. The molecule has 1 amide bonds. The molecule has 2 bridgehead atoms. The summed E-state index contributed by atoms with van der Waals surface area (Å²) in [4.78, 5) is 11.6. The molecular formula is C15H19NO. The van der Waals surface area contributed by atoms with Crippen LogP contribution in [0.2, 0.25) is 0 Å². The fourth-order valence-corrected chi connectivity index (χ4v) is 3.49. The standard InChI is InChI=1S/C15H19NO/c1-11-3-2-4-12(7-11)8-15-6-5-13(9-15)14(17)16-10-15/h2-4,7,13H,5-6,8-10H2,1H3,(H,16,17). The summed E-state index contributed by atoms with van der Waals surface area (Å²) in [5.41, 5.74) is 3.09. The van der Waals surface area contributed by atoms with E-state index in [-0.39, 0.29) is 11.8 Å². The lowest BCUT2D eigenvalue weighted by Crippen LogP contribution is -2.44. The van der Waals surface area contributed by atoms with Gasteiger partial charge in [-0.3, -0.25) is 4.79 Å². The van der Waals surface area contributed by atoms with E-state index in [1.165, 1.54) is 17.5 Å². The summed E-state index contributed by atoms with van der Waals surface area (Å²) < 4.78 is 0. The third-order valence-corrected chi connectivity index (χ3v) is 4.37. The fourth-order valence-electron chi connectivity index (χ4n) is 3.49. The van der Waals surface area contributed by atoms with Crippen molar-refractivity contribution in [2.24, 2.45) is 11.3 Å². The predicted octanol–water partition coefficient (Wildman–Crippen LogP) is 2.45. The summed E-state index contributed by atoms with van der Waals surface area (Å²) in [5.74, 6) is 0.566. The monoisotopic (exact) mass is 229 g/mol. The van der Waals surface area contributed by atoms with E-state index in [9.17, 15) is 4.79 Å². The minimum atomic E-state index is 0.280. The Morgan fingerprint density at radius 1 is 1.47 bits per heavy atom. The third-order valence-electron chi connectivity index (χ3n) is 4.37. The van der Waals surface area contributed by atoms with Crippen molar-refractivity contribution in [1.29, 1.82) is 0 Å². The maximum absolute atomic E-state index is 11.6. The van der Waals surface area contributed by atoms with Gasteiger partial charge >= 0.3 is 0 Å². The van der Waals surface area contributed by atoms with E-state index in [1.54, 1.807) is 0 Å². The Morgan fingerprint density at radius 3 is 3.18 bits per heavy atom. The summed E-state index contributed by atoms with van der Waals surface area (Å²) in [7, 11) is 0. The maximum atomic E-state index is 11.6. The molecule has 1 aromatic carbocycles. The van der Waals surface area contributed by atoms with Crippen LogP contribution in [0.3, 0.4) is 0 Å². The predicted molar refractivity (Wildman–Crippen MR) is 67.7 cm³/mol. The molecule has 3 rings (SSSR count). The molecule has 17 heavy (non-hydrogen) atoms. The van der Waals surface area contributed by atoms with Gasteiger partial charge in [0.1, 0.15) is 0 Å². The van der Waals surface area contributed by atoms with Crippen molar-refractivity contribution in [2.75, 3.05) is 6.54 Å². The number of nitrogens with one attached hydrogen (secondary N) is 1. The molecule has 1 saturated carbocycles. The van der Waals surface area contributed by atoms with Crippen molar-refractivity contribution in [2.45, 2.75) is 32.6 Å². The molecule has 1 aromatic rings. The molecule has 90 valence electrons. The van der Waals surface area contributed by atoms with Crippen molar-refractivity contribution in [3.63, 3.8) is 0 Å². The summed E-state index contributed by atoms with van der Waals surface area (Å²) in [6, 6.07) is 8.76. The maximum Gasteiger partial charge on any atom is 0.223 e. The van der Waals surface area contributed by atoms with Gasteiger partial charge in [-0.2, -0.15) is 0 Å². The zero-order valence-corrected chi connectivity index (χ0v) is 10.3. The Hall–Kier alpha value is -1.31. The number of amides is 1. The van der Waals surface area contributed by atoms with E-state index < -0.39 is 0 Å². The lowest BCUT2D eigenvalue weighted by molar-refractivity contribution is -0.127. The van der Waals surface area contributed by atoms with Gasteiger partial charge in [-0.05, 0) is 43.6 Å². The van der Waals surface area contributed by atoms with Crippen molar-refractivity contribution >= 4 is 5.91 Å². The van der Waals surface area contributed by atoms with Crippen molar-refractivity contribution in [3.05, 3.63) is 35.4 Å². The van der Waals surface area contributed by atoms with Gasteiger partial charge in [0.15, 0.2) is 0 Å². The molecule has 1 aliphatic carbocycles. The van der Waals surface area contributed by atoms with Gasteiger partial charge in [0.25, 0.3) is 0 Å². The number of aryl methyl sites for hydroxylation is 1. The molecule has 2 atom stereocenters. The topological polar surface area (TPSA) is 29.1 Å². The van der Waals surface area contributed by atoms with Gasteiger partial charge in [0.2, 0.25) is 5.91 Å². The highest BCUT2D eigenvalue weighted by molar-refractivity contribution is 5.80. The molecule has 1 N–H and O–H groups in total. The number of hydrogen-bond acceptors (Lipinski definition) is 1. The van der Waals surface area contributed by atoms with Crippen molar-refractivity contribution < 1.29 is 4.79 Å². The van der Waals surface area contributed by atoms with E-state index in [0.717, 1.165) is 25.8 Å². The highest BCUT2D eigenvalue weighted by Crippen LogP contribution is 2.46. The highest BCUT2D eigenvalue weighted by atomic mass is 16.2. The number of fused-ring (bicyclic) bond motifs is 2. The lowest BCUT2D eigenvalue weighted by atomic mass is 9.77. The van der Waals surface area contributed by atoms with E-state index in [4.69, 9.17) is 0 Å². The normalized spacial score (nSPS) is 31.4. The van der Waals surface area contributed by atoms with Crippen LogP contribution in [0.1, 0.15) is 30.4 Å². The van der Waals surface area contributed by atoms with Gasteiger partial charge in [0, 0.05) is 12.5 Å². The second-order valence-corrected chi connectivity index (χ2v) is 5.82. The molecular weight excluding hydrogens is 210 g/mol. The Labute approximate surface area is 102 Å². The number of piperidine rings is 1. The van der Waals surface area contributed by atoms with Crippen LogP contribution in [0.5, 0.6) is 0 Å². The zero-order valence-electron chi connectivity index (χ0n) is 10.3. The molecule has 1 heterocycles. The SMILES string of the molecule is Cc1cccc(CC23CCC(C2)C(=O)NC3)c1. The van der Waals surface area contributed by atoms with E-state index in [2.05, 4.69) is 36.5 Å². The first-order chi connectivity index (χ1) is 8.17. The summed E-state index contributed by atoms with van der Waals surface area (Å²) in [5, 5.41) is 3.08.